The van der Waals surface area contributed by atoms with Gasteiger partial charge in [-0.25, -0.2) is 14.8 Å². The van der Waals surface area contributed by atoms with Crippen molar-refractivity contribution in [2.45, 2.75) is 6.92 Å². The van der Waals surface area contributed by atoms with E-state index in [2.05, 4.69) is 15.1 Å². The highest BCUT2D eigenvalue weighted by molar-refractivity contribution is 7.17. The number of ether oxygens (including phenoxy) is 1. The van der Waals surface area contributed by atoms with Crippen LogP contribution in [0.2, 0.25) is 0 Å². The van der Waals surface area contributed by atoms with Crippen molar-refractivity contribution in [1.82, 2.24) is 9.99 Å². The van der Waals surface area contributed by atoms with Gasteiger partial charge in [0.25, 0.3) is 0 Å². The van der Waals surface area contributed by atoms with Gasteiger partial charge in [0.1, 0.15) is 4.88 Å². The number of anilines is 1. The van der Waals surface area contributed by atoms with Crippen LogP contribution in [0.1, 0.15) is 27.1 Å². The standard InChI is InChI=1S/C9H13N3O3S/c1-5(13)7-6(8(14)15-4)10-9(16-7)11-12(2)3/h1-4H3,(H,10,11). The second-order valence-corrected chi connectivity index (χ2v) is 4.25. The molecule has 16 heavy (non-hydrogen) atoms. The predicted octanol–water partition coefficient (Wildman–Crippen LogP) is 1.02. The Morgan fingerprint density at radius 3 is 2.50 bits per heavy atom. The summed E-state index contributed by atoms with van der Waals surface area (Å²) >= 11 is 1.13. The minimum Gasteiger partial charge on any atom is -0.464 e. The molecule has 0 amide bonds. The lowest BCUT2D eigenvalue weighted by atomic mass is 10.3. The molecule has 0 bridgehead atoms. The number of hydrazine groups is 1. The number of aromatic nitrogens is 1. The van der Waals surface area contributed by atoms with Crippen LogP contribution in [0.15, 0.2) is 0 Å². The Kier molecular flexibility index (Phi) is 3.97. The zero-order valence-electron chi connectivity index (χ0n) is 9.53. The first kappa shape index (κ1) is 12.6. The van der Waals surface area contributed by atoms with E-state index in [0.717, 1.165) is 11.3 Å². The fraction of sp³-hybridized carbons (Fsp3) is 0.444. The van der Waals surface area contributed by atoms with E-state index < -0.39 is 5.97 Å². The lowest BCUT2D eigenvalue weighted by Crippen LogP contribution is -2.19. The number of carbonyl (C=O) groups is 2. The van der Waals surface area contributed by atoms with Gasteiger partial charge in [0.2, 0.25) is 0 Å². The molecule has 0 aromatic carbocycles. The second kappa shape index (κ2) is 5.04. The summed E-state index contributed by atoms with van der Waals surface area (Å²) in [5.74, 6) is -0.807. The van der Waals surface area contributed by atoms with Gasteiger partial charge >= 0.3 is 5.97 Å². The molecule has 88 valence electrons. The summed E-state index contributed by atoms with van der Waals surface area (Å²) in [6.07, 6.45) is 0. The number of methoxy groups -OCH3 is 1. The second-order valence-electron chi connectivity index (χ2n) is 3.25. The number of Topliss-reactive ketones (excluding diaryl/α,β-unsaturated/α-hetero) is 1. The smallest absolute Gasteiger partial charge is 0.358 e. The first-order chi connectivity index (χ1) is 7.45. The minimum atomic E-state index is -0.603. The van der Waals surface area contributed by atoms with Gasteiger partial charge in [-0.2, -0.15) is 0 Å². The van der Waals surface area contributed by atoms with Crippen molar-refractivity contribution in [3.63, 3.8) is 0 Å². The van der Waals surface area contributed by atoms with Crippen molar-refractivity contribution >= 4 is 28.2 Å². The summed E-state index contributed by atoms with van der Waals surface area (Å²) in [5.41, 5.74) is 2.94. The van der Waals surface area contributed by atoms with E-state index >= 15 is 0 Å². The Morgan fingerprint density at radius 1 is 1.44 bits per heavy atom. The molecule has 0 saturated carbocycles. The summed E-state index contributed by atoms with van der Waals surface area (Å²) in [6, 6.07) is 0. The summed E-state index contributed by atoms with van der Waals surface area (Å²) in [5, 5.41) is 2.15. The number of ketones is 1. The molecule has 1 aromatic heterocycles. The topological polar surface area (TPSA) is 71.5 Å². The van der Waals surface area contributed by atoms with Gasteiger partial charge in [-0.3, -0.25) is 10.2 Å². The summed E-state index contributed by atoms with van der Waals surface area (Å²) < 4.78 is 4.56. The minimum absolute atomic E-state index is 0.0596. The van der Waals surface area contributed by atoms with E-state index in [1.54, 1.807) is 19.1 Å². The molecule has 7 heteroatoms. The van der Waals surface area contributed by atoms with Crippen LogP contribution in [-0.2, 0) is 4.74 Å². The van der Waals surface area contributed by atoms with Crippen LogP contribution in [0, 0.1) is 0 Å². The number of rotatable bonds is 4. The van der Waals surface area contributed by atoms with Crippen molar-refractivity contribution in [2.75, 3.05) is 26.6 Å². The third-order valence-electron chi connectivity index (χ3n) is 1.64. The Bertz CT molecular complexity index is 414. The summed E-state index contributed by atoms with van der Waals surface area (Å²) in [6.45, 7) is 1.39. The first-order valence-corrected chi connectivity index (χ1v) is 5.31. The molecule has 1 heterocycles. The number of hydrogen-bond donors (Lipinski definition) is 1. The van der Waals surface area contributed by atoms with Crippen molar-refractivity contribution in [2.24, 2.45) is 0 Å². The van der Waals surface area contributed by atoms with Crippen LogP contribution in [-0.4, -0.2) is 43.0 Å². The lowest BCUT2D eigenvalue weighted by molar-refractivity contribution is 0.0591. The van der Waals surface area contributed by atoms with Gasteiger partial charge in [0.15, 0.2) is 16.6 Å². The van der Waals surface area contributed by atoms with Crippen LogP contribution in [0.3, 0.4) is 0 Å². The maximum atomic E-state index is 11.4. The fourth-order valence-electron chi connectivity index (χ4n) is 1.03. The Balaban J connectivity index is 3.10. The third-order valence-corrected chi connectivity index (χ3v) is 2.71. The highest BCUT2D eigenvalue weighted by Crippen LogP contribution is 2.24. The van der Waals surface area contributed by atoms with E-state index in [1.165, 1.54) is 14.0 Å². The quantitative estimate of drug-likeness (QED) is 0.483. The summed E-state index contributed by atoms with van der Waals surface area (Å²) in [7, 11) is 4.82. The SMILES string of the molecule is COC(=O)c1nc(NN(C)C)sc1C(C)=O. The highest BCUT2D eigenvalue weighted by Gasteiger charge is 2.21. The Morgan fingerprint density at radius 2 is 2.06 bits per heavy atom. The lowest BCUT2D eigenvalue weighted by Gasteiger charge is -2.08. The molecule has 0 atom stereocenters. The van der Waals surface area contributed by atoms with Gasteiger partial charge in [0.05, 0.1) is 7.11 Å². The predicted molar refractivity (Wildman–Crippen MR) is 60.8 cm³/mol. The number of hydrogen-bond acceptors (Lipinski definition) is 7. The molecular weight excluding hydrogens is 230 g/mol. The normalized spacial score (nSPS) is 10.3. The fourth-order valence-corrected chi connectivity index (χ4v) is 1.96. The van der Waals surface area contributed by atoms with Crippen LogP contribution < -0.4 is 5.43 Å². The Labute approximate surface area is 97.2 Å². The van der Waals surface area contributed by atoms with Crippen molar-refractivity contribution in [3.8, 4) is 0 Å². The molecule has 0 unspecified atom stereocenters. The average Bonchev–Trinajstić information content (AvgIpc) is 2.59. The van der Waals surface area contributed by atoms with Crippen LogP contribution in [0.5, 0.6) is 0 Å². The maximum absolute atomic E-state index is 11.4. The largest absolute Gasteiger partial charge is 0.464 e. The van der Waals surface area contributed by atoms with Crippen molar-refractivity contribution in [3.05, 3.63) is 10.6 Å². The third kappa shape index (κ3) is 2.77. The monoisotopic (exact) mass is 243 g/mol. The van der Waals surface area contributed by atoms with Gasteiger partial charge < -0.3 is 4.74 Å². The van der Waals surface area contributed by atoms with E-state index in [0.29, 0.717) is 10.0 Å². The van der Waals surface area contributed by atoms with E-state index in [-0.39, 0.29) is 11.5 Å². The summed E-state index contributed by atoms with van der Waals surface area (Å²) in [4.78, 5) is 27.0. The molecule has 0 spiro atoms. The highest BCUT2D eigenvalue weighted by atomic mass is 32.1. The molecular formula is C9H13N3O3S. The van der Waals surface area contributed by atoms with Crippen LogP contribution in [0.4, 0.5) is 5.13 Å². The molecule has 0 radical (unpaired) electrons. The molecule has 0 aliphatic carbocycles. The molecule has 0 aliphatic rings. The molecule has 0 aliphatic heterocycles. The van der Waals surface area contributed by atoms with E-state index in [9.17, 15) is 9.59 Å². The molecule has 0 saturated heterocycles. The number of nitrogens with one attached hydrogen (secondary N) is 1. The van der Waals surface area contributed by atoms with Gasteiger partial charge in [0, 0.05) is 21.0 Å². The van der Waals surface area contributed by atoms with Gasteiger partial charge in [-0.15, -0.1) is 0 Å². The molecule has 0 fully saturated rings. The zero-order chi connectivity index (χ0) is 12.3. The van der Waals surface area contributed by atoms with Crippen molar-refractivity contribution < 1.29 is 14.3 Å². The number of thiazole rings is 1. The number of esters is 1. The van der Waals surface area contributed by atoms with E-state index in [1.807, 2.05) is 0 Å². The zero-order valence-corrected chi connectivity index (χ0v) is 10.3. The number of nitrogens with zero attached hydrogens (tertiary/aromatic N) is 2. The van der Waals surface area contributed by atoms with Gasteiger partial charge in [-0.05, 0) is 0 Å². The number of carbonyl (C=O) groups excluding carboxylic acids is 2. The molecule has 1 N–H and O–H groups in total. The molecule has 1 aromatic rings. The Hall–Kier alpha value is -1.47. The molecule has 6 nitrogen and oxygen atoms in total. The average molecular weight is 243 g/mol. The van der Waals surface area contributed by atoms with Crippen LogP contribution in [0.25, 0.3) is 0 Å². The molecule has 1 rings (SSSR count). The maximum Gasteiger partial charge on any atom is 0.358 e. The first-order valence-electron chi connectivity index (χ1n) is 4.49. The van der Waals surface area contributed by atoms with E-state index in [4.69, 9.17) is 0 Å². The van der Waals surface area contributed by atoms with Gasteiger partial charge in [-0.1, -0.05) is 11.3 Å². The van der Waals surface area contributed by atoms with Crippen LogP contribution >= 0.6 is 11.3 Å². The van der Waals surface area contributed by atoms with Crippen molar-refractivity contribution in [1.29, 1.82) is 0 Å².